The first-order chi connectivity index (χ1) is 15.7. The van der Waals surface area contributed by atoms with Crippen LogP contribution in [0.4, 0.5) is 0 Å². The molecule has 1 spiro atoms. The van der Waals surface area contributed by atoms with Gasteiger partial charge in [0.15, 0.2) is 18.2 Å². The molecular formula is C23H37NO9. The lowest BCUT2D eigenvalue weighted by Gasteiger charge is -2.59. The Morgan fingerprint density at radius 1 is 1.06 bits per heavy atom. The molecule has 10 heteroatoms. The number of hydrogen-bond acceptors (Lipinski definition) is 9. The number of carbonyl (C=O) groups is 2. The van der Waals surface area contributed by atoms with Crippen LogP contribution in [0.3, 0.4) is 0 Å². The van der Waals surface area contributed by atoms with Crippen molar-refractivity contribution in [3.8, 4) is 0 Å². The molecule has 33 heavy (non-hydrogen) atoms. The summed E-state index contributed by atoms with van der Waals surface area (Å²) in [5.74, 6) is -0.982. The van der Waals surface area contributed by atoms with E-state index in [0.717, 1.165) is 25.7 Å². The Bertz CT molecular complexity index is 731. The molecule has 4 saturated heterocycles. The van der Waals surface area contributed by atoms with Gasteiger partial charge in [0.2, 0.25) is 18.0 Å². The van der Waals surface area contributed by atoms with Gasteiger partial charge in [-0.1, -0.05) is 13.8 Å². The molecule has 2 bridgehead atoms. The van der Waals surface area contributed by atoms with Crippen molar-refractivity contribution in [2.75, 3.05) is 20.8 Å². The molecular weight excluding hydrogens is 434 g/mol. The van der Waals surface area contributed by atoms with Crippen molar-refractivity contribution in [1.29, 1.82) is 0 Å². The number of methoxy groups -OCH3 is 2. The van der Waals surface area contributed by atoms with Crippen LogP contribution < -0.4 is 5.32 Å². The molecule has 5 aliphatic rings. The molecule has 5 fully saturated rings. The molecule has 5 rings (SSSR count). The quantitative estimate of drug-likeness (QED) is 0.324. The van der Waals surface area contributed by atoms with E-state index >= 15 is 0 Å². The van der Waals surface area contributed by atoms with Gasteiger partial charge >= 0.3 is 5.97 Å². The summed E-state index contributed by atoms with van der Waals surface area (Å²) in [6.45, 7) is 6.33. The van der Waals surface area contributed by atoms with Crippen LogP contribution in [0.5, 0.6) is 0 Å². The van der Waals surface area contributed by atoms with E-state index in [1.807, 2.05) is 13.8 Å². The van der Waals surface area contributed by atoms with Crippen LogP contribution in [0.15, 0.2) is 0 Å². The van der Waals surface area contributed by atoms with E-state index in [-0.39, 0.29) is 43.0 Å². The average molecular weight is 472 g/mol. The van der Waals surface area contributed by atoms with E-state index in [4.69, 9.17) is 33.5 Å². The Hall–Kier alpha value is -1.30. The number of nitrogens with one attached hydrogen (secondary N) is 1. The van der Waals surface area contributed by atoms with E-state index in [1.54, 1.807) is 0 Å². The minimum absolute atomic E-state index is 0.00197. The van der Waals surface area contributed by atoms with Crippen molar-refractivity contribution in [3.63, 3.8) is 0 Å². The van der Waals surface area contributed by atoms with Gasteiger partial charge in [0.05, 0.1) is 13.0 Å². The lowest BCUT2D eigenvalue weighted by molar-refractivity contribution is -0.576. The first-order valence-electron chi connectivity index (χ1n) is 11.9. The van der Waals surface area contributed by atoms with Gasteiger partial charge in [0.1, 0.15) is 0 Å². The highest BCUT2D eigenvalue weighted by molar-refractivity contribution is 5.81. The molecule has 4 heterocycles. The van der Waals surface area contributed by atoms with Gasteiger partial charge in [-0.3, -0.25) is 9.59 Å². The van der Waals surface area contributed by atoms with Crippen molar-refractivity contribution in [2.45, 2.75) is 89.6 Å². The van der Waals surface area contributed by atoms with E-state index in [0.29, 0.717) is 5.92 Å². The van der Waals surface area contributed by atoms with Crippen LogP contribution in [0.25, 0.3) is 0 Å². The van der Waals surface area contributed by atoms with Gasteiger partial charge in [-0.05, 0) is 38.0 Å². The van der Waals surface area contributed by atoms with Crippen molar-refractivity contribution >= 4 is 11.9 Å². The Balaban J connectivity index is 1.38. The van der Waals surface area contributed by atoms with Crippen molar-refractivity contribution in [3.05, 3.63) is 0 Å². The van der Waals surface area contributed by atoms with Gasteiger partial charge in [-0.15, -0.1) is 0 Å². The summed E-state index contributed by atoms with van der Waals surface area (Å²) in [7, 11) is 2.98. The molecule has 1 unspecified atom stereocenters. The third-order valence-corrected chi connectivity index (χ3v) is 7.89. The molecule has 0 radical (unpaired) electrons. The molecule has 1 N–H and O–H groups in total. The first kappa shape index (κ1) is 24.8. The summed E-state index contributed by atoms with van der Waals surface area (Å²) >= 11 is 0. The topological polar surface area (TPSA) is 111 Å². The van der Waals surface area contributed by atoms with Crippen LogP contribution in [0.1, 0.15) is 59.3 Å². The Labute approximate surface area is 194 Å². The maximum atomic E-state index is 12.6. The number of fused-ring (bicyclic) bond motifs is 2. The molecule has 0 aromatic carbocycles. The number of ether oxygens (including phenoxy) is 5. The molecule has 1 saturated carbocycles. The highest BCUT2D eigenvalue weighted by atomic mass is 17.3. The summed E-state index contributed by atoms with van der Waals surface area (Å²) in [6, 6.07) is 0. The summed E-state index contributed by atoms with van der Waals surface area (Å²) in [4.78, 5) is 36.5. The number of carbonyl (C=O) groups excluding carboxylic acids is 2. The Morgan fingerprint density at radius 3 is 2.55 bits per heavy atom. The van der Waals surface area contributed by atoms with Crippen LogP contribution in [-0.2, 0) is 43.0 Å². The molecule has 1 aliphatic carbocycles. The molecule has 0 aromatic heterocycles. The van der Waals surface area contributed by atoms with Gasteiger partial charge in [0, 0.05) is 38.9 Å². The third-order valence-electron chi connectivity index (χ3n) is 7.89. The SMILES string of the molecule is COC(CNC(=O)CCC(=O)O[C@@H]1O[C@@H]2O[C@]3(C)CC[C@H]4[C@H](C)CC[C@@H]([C@H]1C)C24OO3)OC. The third kappa shape index (κ3) is 4.66. The van der Waals surface area contributed by atoms with Gasteiger partial charge < -0.3 is 29.0 Å². The predicted molar refractivity (Wildman–Crippen MR) is 113 cm³/mol. The largest absolute Gasteiger partial charge is 0.435 e. The fourth-order valence-electron chi connectivity index (χ4n) is 5.96. The highest BCUT2D eigenvalue weighted by Crippen LogP contribution is 2.60. The molecule has 188 valence electrons. The zero-order valence-electron chi connectivity index (χ0n) is 20.2. The van der Waals surface area contributed by atoms with E-state index in [2.05, 4.69) is 12.2 Å². The molecule has 1 amide bonds. The van der Waals surface area contributed by atoms with Crippen LogP contribution in [0, 0.1) is 23.7 Å². The highest BCUT2D eigenvalue weighted by Gasteiger charge is 2.69. The van der Waals surface area contributed by atoms with E-state index in [1.165, 1.54) is 14.2 Å². The minimum atomic E-state index is -0.882. The second kappa shape index (κ2) is 9.75. The second-order valence-electron chi connectivity index (χ2n) is 9.97. The molecule has 0 aromatic rings. The molecule has 4 aliphatic heterocycles. The van der Waals surface area contributed by atoms with Gasteiger partial charge in [-0.25, -0.2) is 9.78 Å². The maximum absolute atomic E-state index is 12.6. The van der Waals surface area contributed by atoms with E-state index in [9.17, 15) is 9.59 Å². The summed E-state index contributed by atoms with van der Waals surface area (Å²) in [5, 5.41) is 2.67. The number of rotatable bonds is 8. The summed E-state index contributed by atoms with van der Waals surface area (Å²) in [5.41, 5.74) is -0.699. The zero-order valence-corrected chi connectivity index (χ0v) is 20.2. The lowest BCUT2D eigenvalue weighted by atomic mass is 9.58. The van der Waals surface area contributed by atoms with Gasteiger partial charge in [0.25, 0.3) is 0 Å². The van der Waals surface area contributed by atoms with E-state index < -0.39 is 36.2 Å². The van der Waals surface area contributed by atoms with Crippen molar-refractivity contribution < 1.29 is 43.0 Å². The van der Waals surface area contributed by atoms with Crippen LogP contribution >= 0.6 is 0 Å². The van der Waals surface area contributed by atoms with Crippen molar-refractivity contribution in [1.82, 2.24) is 5.32 Å². The second-order valence-corrected chi connectivity index (χ2v) is 9.97. The minimum Gasteiger partial charge on any atom is -0.435 e. The molecule has 8 atom stereocenters. The van der Waals surface area contributed by atoms with Crippen LogP contribution in [-0.4, -0.2) is 62.9 Å². The van der Waals surface area contributed by atoms with Gasteiger partial charge in [-0.2, -0.15) is 0 Å². The Kier molecular flexibility index (Phi) is 7.33. The van der Waals surface area contributed by atoms with Crippen LogP contribution in [0.2, 0.25) is 0 Å². The standard InChI is InChI=1S/C23H37NO9/c1-13-6-7-16-14(2)20(29-18(26)9-8-17(25)24-12-19(27-4)28-5)30-21-23(16)15(13)10-11-22(3,31-21)32-33-23/h13-16,19-21H,6-12H2,1-5H3,(H,24,25)/t13-,14-,15+,16+,20-,21-,22+,23?/m1/s1. The first-order valence-corrected chi connectivity index (χ1v) is 11.9. The maximum Gasteiger partial charge on any atom is 0.308 e. The Morgan fingerprint density at radius 2 is 1.82 bits per heavy atom. The fourth-order valence-corrected chi connectivity index (χ4v) is 5.96. The number of esters is 1. The lowest BCUT2D eigenvalue weighted by Crippen LogP contribution is -2.70. The smallest absolute Gasteiger partial charge is 0.308 e. The van der Waals surface area contributed by atoms with Crippen molar-refractivity contribution in [2.24, 2.45) is 23.7 Å². The predicted octanol–water partition coefficient (Wildman–Crippen LogP) is 2.25. The normalized spacial score (nSPS) is 41.9. The average Bonchev–Trinajstić information content (AvgIpc) is 3.02. The molecule has 10 nitrogen and oxygen atoms in total. The number of amides is 1. The zero-order chi connectivity index (χ0) is 23.8. The summed E-state index contributed by atoms with van der Waals surface area (Å²) < 4.78 is 28.3. The monoisotopic (exact) mass is 471 g/mol. The summed E-state index contributed by atoms with van der Waals surface area (Å²) in [6.07, 6.45) is 1.61. The fraction of sp³-hybridized carbons (Fsp3) is 0.913. The number of hydrogen-bond donors (Lipinski definition) is 1.